The van der Waals surface area contributed by atoms with Crippen molar-refractivity contribution < 1.29 is 14.6 Å². The lowest BCUT2D eigenvalue weighted by Crippen LogP contribution is -2.24. The van der Waals surface area contributed by atoms with Crippen molar-refractivity contribution in [1.29, 1.82) is 0 Å². The zero-order chi connectivity index (χ0) is 13.9. The van der Waals surface area contributed by atoms with Crippen LogP contribution in [0.1, 0.15) is 25.3 Å². The summed E-state index contributed by atoms with van der Waals surface area (Å²) in [6.45, 7) is 2.99. The number of amides is 1. The number of rotatable bonds is 8. The Bertz CT molecular complexity index is 416. The van der Waals surface area contributed by atoms with Crippen molar-refractivity contribution in [2.45, 2.75) is 19.8 Å². The molecule has 0 fully saturated rings. The van der Waals surface area contributed by atoms with Crippen LogP contribution in [0, 0.1) is 0 Å². The van der Waals surface area contributed by atoms with Crippen molar-refractivity contribution in [3.63, 3.8) is 0 Å². The van der Waals surface area contributed by atoms with Gasteiger partial charge >= 0.3 is 0 Å². The first kappa shape index (κ1) is 15.2. The topological polar surface area (TPSA) is 58.6 Å². The predicted octanol–water partition coefficient (Wildman–Crippen LogP) is 1.99. The second kappa shape index (κ2) is 9.16. The highest BCUT2D eigenvalue weighted by molar-refractivity contribution is 5.92. The van der Waals surface area contributed by atoms with Crippen LogP contribution in [-0.4, -0.2) is 30.8 Å². The molecule has 104 valence electrons. The zero-order valence-corrected chi connectivity index (χ0v) is 11.3. The van der Waals surface area contributed by atoms with Crippen LogP contribution in [0.5, 0.6) is 5.75 Å². The van der Waals surface area contributed by atoms with E-state index in [2.05, 4.69) is 12.2 Å². The number of aliphatic hydroxyl groups is 1. The van der Waals surface area contributed by atoms with E-state index in [1.807, 2.05) is 24.3 Å². The van der Waals surface area contributed by atoms with Crippen LogP contribution >= 0.6 is 0 Å². The summed E-state index contributed by atoms with van der Waals surface area (Å²) >= 11 is 0. The molecule has 0 bridgehead atoms. The molecule has 0 heterocycles. The third-order valence-corrected chi connectivity index (χ3v) is 2.50. The van der Waals surface area contributed by atoms with E-state index in [4.69, 9.17) is 9.84 Å². The second-order valence-corrected chi connectivity index (χ2v) is 4.09. The number of carbonyl (C=O) groups excluding carboxylic acids is 1. The van der Waals surface area contributed by atoms with E-state index in [1.54, 1.807) is 6.08 Å². The standard InChI is InChI=1S/C15H21NO3/c1-2-3-12-19-14-7-5-4-6-13(14)8-9-15(18)16-10-11-17/h4-9,17H,2-3,10-12H2,1H3,(H,16,18)/b9-8+. The Morgan fingerprint density at radius 2 is 2.21 bits per heavy atom. The number of para-hydroxylation sites is 1. The molecule has 0 unspecified atom stereocenters. The summed E-state index contributed by atoms with van der Waals surface area (Å²) in [6.07, 6.45) is 5.25. The van der Waals surface area contributed by atoms with Crippen LogP contribution in [0.2, 0.25) is 0 Å². The molecule has 1 rings (SSSR count). The van der Waals surface area contributed by atoms with Gasteiger partial charge in [0.2, 0.25) is 5.91 Å². The molecule has 19 heavy (non-hydrogen) atoms. The van der Waals surface area contributed by atoms with Gasteiger partial charge in [-0.2, -0.15) is 0 Å². The number of carbonyl (C=O) groups is 1. The highest BCUT2D eigenvalue weighted by Crippen LogP contribution is 2.19. The molecule has 0 aromatic heterocycles. The van der Waals surface area contributed by atoms with Crippen LogP contribution in [-0.2, 0) is 4.79 Å². The van der Waals surface area contributed by atoms with Crippen molar-refractivity contribution in [2.24, 2.45) is 0 Å². The van der Waals surface area contributed by atoms with Crippen LogP contribution < -0.4 is 10.1 Å². The lowest BCUT2D eigenvalue weighted by molar-refractivity contribution is -0.116. The maximum absolute atomic E-state index is 11.4. The van der Waals surface area contributed by atoms with Gasteiger partial charge in [-0.15, -0.1) is 0 Å². The quantitative estimate of drug-likeness (QED) is 0.557. The van der Waals surface area contributed by atoms with Gasteiger partial charge in [0.1, 0.15) is 5.75 Å². The molecule has 0 aliphatic carbocycles. The van der Waals surface area contributed by atoms with E-state index in [0.717, 1.165) is 24.2 Å². The van der Waals surface area contributed by atoms with Crippen molar-refractivity contribution in [1.82, 2.24) is 5.32 Å². The van der Waals surface area contributed by atoms with E-state index >= 15 is 0 Å². The minimum atomic E-state index is -0.225. The molecule has 1 aromatic carbocycles. The number of ether oxygens (including phenoxy) is 1. The Hall–Kier alpha value is -1.81. The third-order valence-electron chi connectivity index (χ3n) is 2.50. The number of hydrogen-bond donors (Lipinski definition) is 2. The molecule has 0 aliphatic heterocycles. The van der Waals surface area contributed by atoms with Crippen LogP contribution in [0.3, 0.4) is 0 Å². The summed E-state index contributed by atoms with van der Waals surface area (Å²) in [7, 11) is 0. The first-order valence-corrected chi connectivity index (χ1v) is 6.56. The van der Waals surface area contributed by atoms with Gasteiger partial charge in [0.25, 0.3) is 0 Å². The Morgan fingerprint density at radius 1 is 1.42 bits per heavy atom. The second-order valence-electron chi connectivity index (χ2n) is 4.09. The normalized spacial score (nSPS) is 10.6. The number of nitrogens with one attached hydrogen (secondary N) is 1. The van der Waals surface area contributed by atoms with E-state index in [1.165, 1.54) is 6.08 Å². The number of hydrogen-bond acceptors (Lipinski definition) is 3. The molecular formula is C15H21NO3. The molecule has 0 atom stereocenters. The van der Waals surface area contributed by atoms with Crippen LogP contribution in [0.15, 0.2) is 30.3 Å². The first-order valence-electron chi connectivity index (χ1n) is 6.56. The van der Waals surface area contributed by atoms with Gasteiger partial charge in [-0.3, -0.25) is 4.79 Å². The molecule has 1 amide bonds. The maximum Gasteiger partial charge on any atom is 0.244 e. The maximum atomic E-state index is 11.4. The summed E-state index contributed by atoms with van der Waals surface area (Å²) in [5.74, 6) is 0.555. The molecule has 0 saturated heterocycles. The lowest BCUT2D eigenvalue weighted by Gasteiger charge is -2.08. The Kier molecular flexibility index (Phi) is 7.35. The van der Waals surface area contributed by atoms with E-state index in [-0.39, 0.29) is 19.1 Å². The Balaban J connectivity index is 2.61. The van der Waals surface area contributed by atoms with Gasteiger partial charge in [-0.05, 0) is 18.6 Å². The number of benzene rings is 1. The lowest BCUT2D eigenvalue weighted by atomic mass is 10.2. The number of aliphatic hydroxyl groups excluding tert-OH is 1. The smallest absolute Gasteiger partial charge is 0.244 e. The largest absolute Gasteiger partial charge is 0.493 e. The highest BCUT2D eigenvalue weighted by Gasteiger charge is 2.00. The molecule has 4 nitrogen and oxygen atoms in total. The fraction of sp³-hybridized carbons (Fsp3) is 0.400. The summed E-state index contributed by atoms with van der Waals surface area (Å²) < 4.78 is 5.67. The van der Waals surface area contributed by atoms with Gasteiger partial charge in [0, 0.05) is 18.2 Å². The van der Waals surface area contributed by atoms with Gasteiger partial charge in [0.05, 0.1) is 13.2 Å². The first-order chi connectivity index (χ1) is 9.27. The molecule has 0 spiro atoms. The fourth-order valence-corrected chi connectivity index (χ4v) is 1.48. The minimum absolute atomic E-state index is 0.0592. The van der Waals surface area contributed by atoms with E-state index in [9.17, 15) is 4.79 Å². The summed E-state index contributed by atoms with van der Waals surface area (Å²) in [5, 5.41) is 11.2. The highest BCUT2D eigenvalue weighted by atomic mass is 16.5. The molecule has 0 radical (unpaired) electrons. The van der Waals surface area contributed by atoms with E-state index in [0.29, 0.717) is 6.61 Å². The van der Waals surface area contributed by atoms with Crippen LogP contribution in [0.4, 0.5) is 0 Å². The monoisotopic (exact) mass is 263 g/mol. The van der Waals surface area contributed by atoms with Crippen LogP contribution in [0.25, 0.3) is 6.08 Å². The molecule has 4 heteroatoms. The summed E-state index contributed by atoms with van der Waals surface area (Å²) in [4.78, 5) is 11.4. The third kappa shape index (κ3) is 6.06. The van der Waals surface area contributed by atoms with Gasteiger partial charge in [-0.25, -0.2) is 0 Å². The van der Waals surface area contributed by atoms with Crippen molar-refractivity contribution in [3.8, 4) is 5.75 Å². The molecule has 2 N–H and O–H groups in total. The molecule has 0 aliphatic rings. The van der Waals surface area contributed by atoms with Gasteiger partial charge < -0.3 is 15.2 Å². The molecular weight excluding hydrogens is 242 g/mol. The van der Waals surface area contributed by atoms with Crippen molar-refractivity contribution in [2.75, 3.05) is 19.8 Å². The molecule has 1 aromatic rings. The average molecular weight is 263 g/mol. The predicted molar refractivity (Wildman–Crippen MR) is 76.0 cm³/mol. The summed E-state index contributed by atoms with van der Waals surface area (Å²) in [5.41, 5.74) is 0.873. The SMILES string of the molecule is CCCCOc1ccccc1/C=C/C(=O)NCCO. The van der Waals surface area contributed by atoms with Gasteiger partial charge in [0.15, 0.2) is 0 Å². The molecule has 0 saturated carbocycles. The van der Waals surface area contributed by atoms with Crippen molar-refractivity contribution in [3.05, 3.63) is 35.9 Å². The number of unbranched alkanes of at least 4 members (excludes halogenated alkanes) is 1. The Morgan fingerprint density at radius 3 is 2.95 bits per heavy atom. The minimum Gasteiger partial charge on any atom is -0.493 e. The van der Waals surface area contributed by atoms with Crippen molar-refractivity contribution >= 4 is 12.0 Å². The average Bonchev–Trinajstić information content (AvgIpc) is 2.44. The van der Waals surface area contributed by atoms with E-state index < -0.39 is 0 Å². The fourth-order valence-electron chi connectivity index (χ4n) is 1.48. The Labute approximate surface area is 114 Å². The van der Waals surface area contributed by atoms with Gasteiger partial charge in [-0.1, -0.05) is 31.5 Å². The zero-order valence-electron chi connectivity index (χ0n) is 11.3. The summed E-state index contributed by atoms with van der Waals surface area (Å²) in [6, 6.07) is 7.60.